The molecule has 0 heterocycles. The average Bonchev–Trinajstić information content (AvgIpc) is 3.08. The number of aliphatic hydroxyl groups excluding tert-OH is 1. The summed E-state index contributed by atoms with van der Waals surface area (Å²) in [7, 11) is 4.16. The number of benzene rings is 1. The summed E-state index contributed by atoms with van der Waals surface area (Å²) in [6.45, 7) is 13.4. The van der Waals surface area contributed by atoms with Gasteiger partial charge < -0.3 is 56.3 Å². The van der Waals surface area contributed by atoms with Crippen molar-refractivity contribution in [3.63, 3.8) is 0 Å². The number of nitrogens with one attached hydrogen (secondary N) is 5. The molecule has 0 aliphatic heterocycles. The number of amides is 3. The first-order valence-electron chi connectivity index (χ1n) is 16.6. The van der Waals surface area contributed by atoms with Crippen LogP contribution in [0.15, 0.2) is 24.3 Å². The van der Waals surface area contributed by atoms with Crippen molar-refractivity contribution < 1.29 is 53.7 Å². The first kappa shape index (κ1) is 53.3. The van der Waals surface area contributed by atoms with Gasteiger partial charge in [-0.1, -0.05) is 53.7 Å². The van der Waals surface area contributed by atoms with E-state index in [-0.39, 0.29) is 25.2 Å². The number of carboxylic acid groups (broad SMARTS) is 2. The van der Waals surface area contributed by atoms with Gasteiger partial charge in [-0.05, 0) is 63.4 Å². The van der Waals surface area contributed by atoms with Crippen molar-refractivity contribution in [1.82, 2.24) is 21.3 Å². The van der Waals surface area contributed by atoms with Crippen LogP contribution in [0.25, 0.3) is 0 Å². The van der Waals surface area contributed by atoms with Gasteiger partial charge in [0.05, 0.1) is 24.5 Å². The van der Waals surface area contributed by atoms with Gasteiger partial charge in [-0.2, -0.15) is 0 Å². The Labute approximate surface area is 301 Å². The zero-order chi connectivity index (χ0) is 40.5. The molecule has 1 rings (SSSR count). The minimum Gasteiger partial charge on any atom is -0.481 e. The molecule has 4 atom stereocenters. The Morgan fingerprint density at radius 3 is 1.67 bits per heavy atom. The molecule has 0 saturated carbocycles. The smallest absolute Gasteiger partial charge is 0.305 e. The fourth-order valence-corrected chi connectivity index (χ4v) is 4.03. The predicted molar refractivity (Wildman–Crippen MR) is 195 cm³/mol. The normalized spacial score (nSPS) is 12.0. The molecule has 51 heavy (non-hydrogen) atoms. The summed E-state index contributed by atoms with van der Waals surface area (Å²) in [5, 5.41) is 37.6. The Hall–Kier alpha value is -4.54. The molecule has 0 aliphatic carbocycles. The van der Waals surface area contributed by atoms with E-state index in [0.29, 0.717) is 24.2 Å². The average molecular weight is 728 g/mol. The highest BCUT2D eigenvalue weighted by molar-refractivity contribution is 5.99. The van der Waals surface area contributed by atoms with E-state index in [1.807, 2.05) is 39.8 Å². The lowest BCUT2D eigenvalue weighted by molar-refractivity contribution is -0.140. The highest BCUT2D eigenvalue weighted by atomic mass is 16.4. The molecule has 0 aliphatic rings. The van der Waals surface area contributed by atoms with Crippen LogP contribution in [0.5, 0.6) is 0 Å². The molecule has 292 valence electrons. The number of likely N-dealkylation sites (N-methyl/N-ethyl adjacent to an activating group) is 2. The van der Waals surface area contributed by atoms with E-state index < -0.39 is 60.2 Å². The van der Waals surface area contributed by atoms with Crippen LogP contribution in [0, 0.1) is 11.8 Å². The summed E-state index contributed by atoms with van der Waals surface area (Å²) < 4.78 is 0. The van der Waals surface area contributed by atoms with Crippen molar-refractivity contribution >= 4 is 54.2 Å². The summed E-state index contributed by atoms with van der Waals surface area (Å²) in [6, 6.07) is 4.19. The van der Waals surface area contributed by atoms with Gasteiger partial charge in [0, 0.05) is 25.6 Å². The van der Waals surface area contributed by atoms with Crippen LogP contribution in [-0.2, 0) is 44.8 Å². The third-order valence-electron chi connectivity index (χ3n) is 6.30. The summed E-state index contributed by atoms with van der Waals surface area (Å²) in [5.74, 6) is -3.12. The lowest BCUT2D eigenvalue weighted by atomic mass is 10.0. The van der Waals surface area contributed by atoms with Crippen LogP contribution in [0.2, 0.25) is 0 Å². The number of carbonyl (C=O) groups is 8. The highest BCUT2D eigenvalue weighted by Gasteiger charge is 2.28. The molecule has 1 aromatic carbocycles. The van der Waals surface area contributed by atoms with Crippen molar-refractivity contribution in [2.75, 3.05) is 26.5 Å². The molecule has 0 saturated heterocycles. The highest BCUT2D eigenvalue weighted by Crippen LogP contribution is 2.14. The number of rotatable bonds is 19. The van der Waals surface area contributed by atoms with Gasteiger partial charge in [-0.15, -0.1) is 0 Å². The van der Waals surface area contributed by atoms with Crippen molar-refractivity contribution in [2.24, 2.45) is 11.8 Å². The summed E-state index contributed by atoms with van der Waals surface area (Å²) in [4.78, 5) is 87.6. The molecular weight excluding hydrogens is 666 g/mol. The maximum atomic E-state index is 12.5. The van der Waals surface area contributed by atoms with Gasteiger partial charge in [0.25, 0.3) is 0 Å². The third-order valence-corrected chi connectivity index (χ3v) is 6.30. The molecule has 8 N–H and O–H groups in total. The molecule has 0 aromatic heterocycles. The predicted octanol–water partition coefficient (Wildman–Crippen LogP) is 1.58. The molecule has 3 amide bonds. The second-order valence-corrected chi connectivity index (χ2v) is 11.1. The minimum atomic E-state index is -1.16. The molecule has 4 unspecified atom stereocenters. The number of carbonyl (C=O) groups excluding carboxylic acids is 6. The van der Waals surface area contributed by atoms with Crippen molar-refractivity contribution in [3.05, 3.63) is 29.8 Å². The summed E-state index contributed by atoms with van der Waals surface area (Å²) in [6.07, 6.45) is 2.09. The molecule has 0 radical (unpaired) electrons. The topological polar surface area (TPSA) is 257 Å². The Kier molecular flexibility index (Phi) is 35.4. The van der Waals surface area contributed by atoms with Gasteiger partial charge in [-0.25, -0.2) is 0 Å². The number of aldehydes is 3. The zero-order valence-corrected chi connectivity index (χ0v) is 31.6. The lowest BCUT2D eigenvalue weighted by Gasteiger charge is -2.23. The molecule has 0 spiro atoms. The Balaban J connectivity index is -0.000000394. The van der Waals surface area contributed by atoms with E-state index in [4.69, 9.17) is 20.1 Å². The van der Waals surface area contributed by atoms with Crippen LogP contribution in [0.4, 0.5) is 5.69 Å². The standard InChI is InChI=1S/C20H31N3O4.C10H16N2O5.C2H4O.C2H6.CH4O/c1-12(2)10-14-6-8-15(9-7-14)22-19(26)16(11-17(24)25)23-20(27)18(21-5)13(3)4;1-11-8(4-5-13)10(17)12-7(6-14)2-3-9(15)16;1-2-3;2*1-2/h6-9,12-13,16,18,21H,10-11H2,1-5H3,(H,22,26)(H,23,27)(H,24,25);5-8,11H,2-4H2,1H3,(H,12,17)(H,15,16);2H,1H3;1-2H3;2H,1H3. The van der Waals surface area contributed by atoms with Gasteiger partial charge in [0.15, 0.2) is 0 Å². The Morgan fingerprint density at radius 2 is 1.29 bits per heavy atom. The fraction of sp³-hybridized carbons (Fsp3) is 0.600. The lowest BCUT2D eigenvalue weighted by Crippen LogP contribution is -2.53. The summed E-state index contributed by atoms with van der Waals surface area (Å²) >= 11 is 0. The third kappa shape index (κ3) is 27.9. The first-order valence-corrected chi connectivity index (χ1v) is 16.6. The van der Waals surface area contributed by atoms with Gasteiger partial charge in [0.2, 0.25) is 17.7 Å². The van der Waals surface area contributed by atoms with E-state index in [1.165, 1.54) is 14.0 Å². The van der Waals surface area contributed by atoms with E-state index in [0.717, 1.165) is 25.4 Å². The van der Waals surface area contributed by atoms with Crippen molar-refractivity contribution in [3.8, 4) is 0 Å². The molecule has 0 fully saturated rings. The Bertz CT molecular complexity index is 1150. The Morgan fingerprint density at radius 1 is 0.765 bits per heavy atom. The van der Waals surface area contributed by atoms with Crippen molar-refractivity contribution in [2.45, 2.75) is 105 Å². The molecule has 16 nitrogen and oxygen atoms in total. The van der Waals surface area contributed by atoms with Gasteiger partial charge in [-0.3, -0.25) is 24.0 Å². The quantitative estimate of drug-likeness (QED) is 0.0943. The number of aliphatic carboxylic acids is 2. The first-order chi connectivity index (χ1) is 24.1. The zero-order valence-electron chi connectivity index (χ0n) is 31.6. The second-order valence-electron chi connectivity index (χ2n) is 11.1. The molecule has 0 bridgehead atoms. The molecule has 16 heteroatoms. The van der Waals surface area contributed by atoms with Gasteiger partial charge >= 0.3 is 11.9 Å². The number of anilines is 1. The second kappa shape index (κ2) is 33.9. The van der Waals surface area contributed by atoms with E-state index in [2.05, 4.69) is 40.4 Å². The minimum absolute atomic E-state index is 0.00274. The van der Waals surface area contributed by atoms with Gasteiger partial charge in [0.1, 0.15) is 24.9 Å². The molecule has 1 aromatic rings. The van der Waals surface area contributed by atoms with Crippen LogP contribution in [0.3, 0.4) is 0 Å². The van der Waals surface area contributed by atoms with E-state index >= 15 is 0 Å². The molecular formula is C35H61N5O11. The maximum Gasteiger partial charge on any atom is 0.305 e. The number of carboxylic acids is 2. The number of aliphatic hydroxyl groups is 1. The largest absolute Gasteiger partial charge is 0.481 e. The maximum absolute atomic E-state index is 12.5. The van der Waals surface area contributed by atoms with Crippen LogP contribution < -0.4 is 26.6 Å². The van der Waals surface area contributed by atoms with Crippen molar-refractivity contribution in [1.29, 1.82) is 0 Å². The number of hydrogen-bond acceptors (Lipinski definition) is 11. The van der Waals surface area contributed by atoms with Crippen LogP contribution in [0.1, 0.15) is 79.7 Å². The van der Waals surface area contributed by atoms with Crippen LogP contribution >= 0.6 is 0 Å². The summed E-state index contributed by atoms with van der Waals surface area (Å²) in [5.41, 5.74) is 1.72. The number of hydrogen-bond donors (Lipinski definition) is 8. The fourth-order valence-electron chi connectivity index (χ4n) is 4.03. The monoisotopic (exact) mass is 727 g/mol. The van der Waals surface area contributed by atoms with Crippen LogP contribution in [-0.4, -0.2) is 109 Å². The van der Waals surface area contributed by atoms with E-state index in [9.17, 15) is 33.6 Å². The SMILES string of the molecule is CC.CC=O.CNC(C(=O)NC(CC(=O)O)C(=O)Nc1ccc(CC(C)C)cc1)C(C)C.CNC(CC=O)C(=O)NC(C=O)CCC(=O)O.CO. The van der Waals surface area contributed by atoms with E-state index in [1.54, 1.807) is 19.2 Å².